The molecule has 1 fully saturated rings. The van der Waals surface area contributed by atoms with E-state index < -0.39 is 17.7 Å². The zero-order valence-electron chi connectivity index (χ0n) is 15.6. The first-order valence-corrected chi connectivity index (χ1v) is 9.28. The van der Waals surface area contributed by atoms with E-state index in [9.17, 15) is 9.59 Å². The number of carbonyl (C=O) groups is 2. The molecule has 0 radical (unpaired) electrons. The van der Waals surface area contributed by atoms with Crippen LogP contribution in [0.3, 0.4) is 0 Å². The lowest BCUT2D eigenvalue weighted by molar-refractivity contribution is -0.222. The number of aromatic nitrogens is 4. The van der Waals surface area contributed by atoms with Gasteiger partial charge in [0.25, 0.3) is 5.79 Å². The number of fused-ring (bicyclic) bond motifs is 1. The Morgan fingerprint density at radius 3 is 2.54 bits per heavy atom. The van der Waals surface area contributed by atoms with Crippen molar-refractivity contribution < 1.29 is 19.1 Å². The van der Waals surface area contributed by atoms with Crippen molar-refractivity contribution in [3.8, 4) is 10.6 Å². The number of esters is 2. The average molecular weight is 399 g/mol. The molecule has 2 aromatic heterocycles. The molecule has 1 aliphatic rings. The summed E-state index contributed by atoms with van der Waals surface area (Å²) in [5, 5.41) is 16.4. The quantitative estimate of drug-likeness (QED) is 0.407. The molecule has 0 bridgehead atoms. The minimum absolute atomic E-state index is 0.196. The molecule has 1 saturated heterocycles. The van der Waals surface area contributed by atoms with Crippen molar-refractivity contribution in [2.45, 2.75) is 33.5 Å². The lowest BCUT2D eigenvalue weighted by Crippen LogP contribution is -2.42. The zero-order chi connectivity index (χ0) is 20.1. The second-order valence-corrected chi connectivity index (χ2v) is 7.72. The topological polar surface area (TPSA) is 108 Å². The molecule has 0 amide bonds. The van der Waals surface area contributed by atoms with E-state index in [1.807, 2.05) is 32.0 Å². The number of hydrogen-bond acceptors (Lipinski definition) is 9. The normalized spacial score (nSPS) is 16.1. The maximum absolute atomic E-state index is 12.1. The Labute approximate surface area is 164 Å². The van der Waals surface area contributed by atoms with E-state index in [0.29, 0.717) is 10.8 Å². The van der Waals surface area contributed by atoms with Gasteiger partial charge in [0.2, 0.25) is 4.96 Å². The first kappa shape index (κ1) is 18.1. The van der Waals surface area contributed by atoms with E-state index in [4.69, 9.17) is 9.47 Å². The van der Waals surface area contributed by atoms with Crippen LogP contribution in [0.15, 0.2) is 30.0 Å². The highest BCUT2D eigenvalue weighted by Gasteiger charge is 2.38. The molecular weight excluding hydrogens is 382 g/mol. The van der Waals surface area contributed by atoms with Gasteiger partial charge in [0.15, 0.2) is 11.4 Å². The first-order chi connectivity index (χ1) is 13.2. The number of benzene rings is 1. The number of nitrogens with zero attached hydrogens (tertiary/aromatic N) is 4. The van der Waals surface area contributed by atoms with Crippen LogP contribution in [0.4, 0.5) is 5.69 Å². The van der Waals surface area contributed by atoms with Gasteiger partial charge in [-0.1, -0.05) is 23.5 Å². The van der Waals surface area contributed by atoms with Crippen molar-refractivity contribution in [1.29, 1.82) is 0 Å². The Morgan fingerprint density at radius 1 is 1.14 bits per heavy atom. The van der Waals surface area contributed by atoms with Crippen LogP contribution < -0.4 is 5.32 Å². The van der Waals surface area contributed by atoms with E-state index in [1.54, 1.807) is 4.52 Å². The summed E-state index contributed by atoms with van der Waals surface area (Å²) in [6.07, 6.45) is 1.30. The fourth-order valence-electron chi connectivity index (χ4n) is 2.67. The van der Waals surface area contributed by atoms with Crippen molar-refractivity contribution in [2.75, 3.05) is 5.32 Å². The van der Waals surface area contributed by atoms with Gasteiger partial charge in [-0.3, -0.25) is 0 Å². The largest absolute Gasteiger partial charge is 0.419 e. The number of cyclic esters (lactones) is 2. The average Bonchev–Trinajstić information content (AvgIpc) is 3.17. The molecule has 4 rings (SSSR count). The molecule has 10 heteroatoms. The Morgan fingerprint density at radius 2 is 1.86 bits per heavy atom. The van der Waals surface area contributed by atoms with Gasteiger partial charge in [0.05, 0.1) is 0 Å². The molecule has 0 unspecified atom stereocenters. The first-order valence-electron chi connectivity index (χ1n) is 8.47. The SMILES string of the molecule is Cc1ccc(-c2nn3c(C)nnc3s2)cc1NC=C1C(=O)OC(C)(C)OC1=O. The molecule has 9 nitrogen and oxygen atoms in total. The second-order valence-electron chi connectivity index (χ2n) is 6.76. The lowest BCUT2D eigenvalue weighted by atomic mass is 10.1. The maximum Gasteiger partial charge on any atom is 0.350 e. The Hall–Kier alpha value is -3.27. The Balaban J connectivity index is 1.63. The van der Waals surface area contributed by atoms with Crippen molar-refractivity contribution in [3.05, 3.63) is 41.4 Å². The molecule has 144 valence electrons. The van der Waals surface area contributed by atoms with Gasteiger partial charge in [0.1, 0.15) is 5.01 Å². The van der Waals surface area contributed by atoms with Crippen molar-refractivity contribution in [3.63, 3.8) is 0 Å². The highest BCUT2D eigenvalue weighted by Crippen LogP contribution is 2.29. The van der Waals surface area contributed by atoms with Gasteiger partial charge in [-0.15, -0.1) is 10.2 Å². The standard InChI is InChI=1S/C18H17N5O4S/c1-9-5-6-11(14-22-23-10(2)20-21-17(23)28-14)7-13(9)19-8-12-15(24)26-18(3,4)27-16(12)25/h5-8,19H,1-4H3. The summed E-state index contributed by atoms with van der Waals surface area (Å²) in [4.78, 5) is 24.8. The summed E-state index contributed by atoms with van der Waals surface area (Å²) < 4.78 is 11.9. The third-order valence-corrected chi connectivity index (χ3v) is 5.07. The van der Waals surface area contributed by atoms with E-state index in [1.165, 1.54) is 31.4 Å². The fourth-order valence-corrected chi connectivity index (χ4v) is 3.55. The highest BCUT2D eigenvalue weighted by atomic mass is 32.1. The predicted octanol–water partition coefficient (Wildman–Crippen LogP) is 2.60. The molecule has 1 aliphatic heterocycles. The number of carbonyl (C=O) groups excluding carboxylic acids is 2. The molecule has 0 atom stereocenters. The van der Waals surface area contributed by atoms with Crippen LogP contribution in [0.5, 0.6) is 0 Å². The van der Waals surface area contributed by atoms with Crippen LogP contribution in [-0.4, -0.2) is 37.5 Å². The van der Waals surface area contributed by atoms with Crippen LogP contribution in [0, 0.1) is 13.8 Å². The molecule has 1 aromatic carbocycles. The van der Waals surface area contributed by atoms with Gasteiger partial charge < -0.3 is 14.8 Å². The number of hydrogen-bond donors (Lipinski definition) is 1. The second kappa shape index (κ2) is 6.41. The van der Waals surface area contributed by atoms with Crippen molar-refractivity contribution in [2.24, 2.45) is 0 Å². The van der Waals surface area contributed by atoms with Gasteiger partial charge in [-0.2, -0.15) is 9.61 Å². The zero-order valence-corrected chi connectivity index (χ0v) is 16.5. The third kappa shape index (κ3) is 3.22. The lowest BCUT2D eigenvalue weighted by Gasteiger charge is -2.29. The molecule has 0 saturated carbocycles. The summed E-state index contributed by atoms with van der Waals surface area (Å²) in [5.41, 5.74) is 2.32. The van der Waals surface area contributed by atoms with E-state index in [-0.39, 0.29) is 5.57 Å². The van der Waals surface area contributed by atoms with Crippen LogP contribution in [0.25, 0.3) is 15.5 Å². The summed E-state index contributed by atoms with van der Waals surface area (Å²) >= 11 is 1.42. The molecule has 28 heavy (non-hydrogen) atoms. The summed E-state index contributed by atoms with van der Waals surface area (Å²) in [6, 6.07) is 5.75. The number of anilines is 1. The molecule has 0 aliphatic carbocycles. The molecule has 1 N–H and O–H groups in total. The number of rotatable bonds is 3. The minimum atomic E-state index is -1.27. The maximum atomic E-state index is 12.1. The van der Waals surface area contributed by atoms with E-state index in [2.05, 4.69) is 20.6 Å². The van der Waals surface area contributed by atoms with Crippen molar-refractivity contribution in [1.82, 2.24) is 19.8 Å². The minimum Gasteiger partial charge on any atom is -0.419 e. The van der Waals surface area contributed by atoms with Crippen LogP contribution in [0.2, 0.25) is 0 Å². The summed E-state index contributed by atoms with van der Waals surface area (Å²) in [5.74, 6) is -2.01. The van der Waals surface area contributed by atoms with Gasteiger partial charge >= 0.3 is 11.9 Å². The monoisotopic (exact) mass is 399 g/mol. The van der Waals surface area contributed by atoms with Gasteiger partial charge in [-0.05, 0) is 25.5 Å². The molecule has 3 heterocycles. The Bertz CT molecular complexity index is 1120. The summed E-state index contributed by atoms with van der Waals surface area (Å²) in [7, 11) is 0. The third-order valence-electron chi connectivity index (χ3n) is 4.12. The van der Waals surface area contributed by atoms with E-state index >= 15 is 0 Å². The molecular formula is C18H17N5O4S. The van der Waals surface area contributed by atoms with Crippen LogP contribution >= 0.6 is 11.3 Å². The Kier molecular flexibility index (Phi) is 4.15. The molecule has 3 aromatic rings. The van der Waals surface area contributed by atoms with Gasteiger partial charge in [0, 0.05) is 31.3 Å². The predicted molar refractivity (Wildman–Crippen MR) is 102 cm³/mol. The van der Waals surface area contributed by atoms with E-state index in [0.717, 1.165) is 21.8 Å². The smallest absolute Gasteiger partial charge is 0.350 e. The van der Waals surface area contributed by atoms with Gasteiger partial charge in [-0.25, -0.2) is 9.59 Å². The highest BCUT2D eigenvalue weighted by molar-refractivity contribution is 7.19. The van der Waals surface area contributed by atoms with Crippen LogP contribution in [-0.2, 0) is 19.1 Å². The van der Waals surface area contributed by atoms with Crippen LogP contribution in [0.1, 0.15) is 25.2 Å². The fraction of sp³-hybridized carbons (Fsp3) is 0.278. The molecule has 0 spiro atoms. The summed E-state index contributed by atoms with van der Waals surface area (Å²) in [6.45, 7) is 6.75. The van der Waals surface area contributed by atoms with Crippen molar-refractivity contribution >= 4 is 33.9 Å². The number of aryl methyl sites for hydroxylation is 2. The number of ether oxygens (including phenoxy) is 2. The number of nitrogens with one attached hydrogen (secondary N) is 1.